The maximum absolute atomic E-state index is 11.1. The van der Waals surface area contributed by atoms with Crippen LogP contribution in [0.3, 0.4) is 0 Å². The van der Waals surface area contributed by atoms with Crippen molar-refractivity contribution in [2.75, 3.05) is 26.2 Å². The zero-order valence-corrected chi connectivity index (χ0v) is 12.1. The van der Waals surface area contributed by atoms with Crippen molar-refractivity contribution in [3.05, 3.63) is 11.8 Å². The molecule has 1 aromatic rings. The van der Waals surface area contributed by atoms with Gasteiger partial charge in [0.15, 0.2) is 0 Å². The third-order valence-corrected chi connectivity index (χ3v) is 3.81. The molecule has 0 amide bonds. The summed E-state index contributed by atoms with van der Waals surface area (Å²) in [5.41, 5.74) is 0.866. The van der Waals surface area contributed by atoms with Crippen LogP contribution in [-0.4, -0.2) is 44.4 Å². The van der Waals surface area contributed by atoms with Crippen LogP contribution < -0.4 is 10.1 Å². The highest BCUT2D eigenvalue weighted by molar-refractivity contribution is 7.90. The highest BCUT2D eigenvalue weighted by Crippen LogP contribution is 2.21. The van der Waals surface area contributed by atoms with Gasteiger partial charge >= 0.3 is 0 Å². The number of aromatic nitrogens is 2. The lowest BCUT2D eigenvalue weighted by molar-refractivity contribution is 0.373. The van der Waals surface area contributed by atoms with Crippen LogP contribution in [0, 0.1) is 0 Å². The van der Waals surface area contributed by atoms with Gasteiger partial charge in [-0.15, -0.1) is 0 Å². The molecule has 104 valence electrons. The first-order chi connectivity index (χ1) is 8.37. The first kappa shape index (κ1) is 15.0. The fourth-order valence-electron chi connectivity index (χ4n) is 1.82. The number of methoxy groups -OCH3 is 1. The highest BCUT2D eigenvalue weighted by atomic mass is 32.2. The van der Waals surface area contributed by atoms with E-state index in [0.717, 1.165) is 12.1 Å². The molecule has 7 heteroatoms. The van der Waals surface area contributed by atoms with E-state index in [1.807, 2.05) is 20.2 Å². The van der Waals surface area contributed by atoms with Gasteiger partial charge in [0.25, 0.3) is 0 Å². The van der Waals surface area contributed by atoms with Gasteiger partial charge in [0.1, 0.15) is 9.84 Å². The second-order valence-electron chi connectivity index (χ2n) is 4.35. The molecule has 1 aromatic heterocycles. The number of nitrogens with one attached hydrogen (secondary N) is 1. The van der Waals surface area contributed by atoms with Crippen molar-refractivity contribution >= 4 is 9.84 Å². The molecule has 0 saturated heterocycles. The predicted molar refractivity (Wildman–Crippen MR) is 70.5 cm³/mol. The number of sulfone groups is 1. The largest absolute Gasteiger partial charge is 0.481 e. The van der Waals surface area contributed by atoms with Crippen LogP contribution in [0.25, 0.3) is 0 Å². The number of hydrogen-bond acceptors (Lipinski definition) is 5. The fourth-order valence-corrected chi connectivity index (χ4v) is 2.51. The van der Waals surface area contributed by atoms with Crippen molar-refractivity contribution in [1.29, 1.82) is 0 Å². The highest BCUT2D eigenvalue weighted by Gasteiger charge is 2.15. The lowest BCUT2D eigenvalue weighted by Crippen LogP contribution is -2.18. The molecule has 1 rings (SSSR count). The van der Waals surface area contributed by atoms with Gasteiger partial charge in [-0.1, -0.05) is 0 Å². The Balaban J connectivity index is 2.65. The van der Waals surface area contributed by atoms with Gasteiger partial charge < -0.3 is 10.1 Å². The monoisotopic (exact) mass is 275 g/mol. The summed E-state index contributed by atoms with van der Waals surface area (Å²) >= 11 is 0. The Morgan fingerprint density at radius 1 is 1.56 bits per heavy atom. The van der Waals surface area contributed by atoms with Gasteiger partial charge in [-0.3, -0.25) is 0 Å². The first-order valence-electron chi connectivity index (χ1n) is 5.80. The third kappa shape index (κ3) is 4.30. The minimum absolute atomic E-state index is 0.0434. The Labute approximate surface area is 108 Å². The van der Waals surface area contributed by atoms with Crippen molar-refractivity contribution in [1.82, 2.24) is 15.1 Å². The number of rotatable bonds is 7. The van der Waals surface area contributed by atoms with Gasteiger partial charge in [0.2, 0.25) is 5.88 Å². The van der Waals surface area contributed by atoms with Gasteiger partial charge in [0, 0.05) is 25.1 Å². The summed E-state index contributed by atoms with van der Waals surface area (Å²) in [6, 6.07) is 1.91. The van der Waals surface area contributed by atoms with Gasteiger partial charge in [-0.25, -0.2) is 13.1 Å². The Kier molecular flexibility index (Phi) is 5.15. The zero-order chi connectivity index (χ0) is 13.8. The second-order valence-corrected chi connectivity index (χ2v) is 6.61. The van der Waals surface area contributed by atoms with E-state index in [1.54, 1.807) is 11.8 Å². The summed E-state index contributed by atoms with van der Waals surface area (Å²) in [6.45, 7) is 0. The Morgan fingerprint density at radius 2 is 2.22 bits per heavy atom. The van der Waals surface area contributed by atoms with Crippen molar-refractivity contribution < 1.29 is 13.2 Å². The molecule has 6 nitrogen and oxygen atoms in total. The third-order valence-electron chi connectivity index (χ3n) is 2.78. The number of aryl methyl sites for hydroxylation is 1. The van der Waals surface area contributed by atoms with E-state index in [9.17, 15) is 8.42 Å². The molecule has 18 heavy (non-hydrogen) atoms. The first-order valence-corrected chi connectivity index (χ1v) is 7.86. The number of nitrogens with zero attached hydrogens (tertiary/aromatic N) is 2. The van der Waals surface area contributed by atoms with E-state index in [0.29, 0.717) is 12.3 Å². The van der Waals surface area contributed by atoms with E-state index in [1.165, 1.54) is 6.26 Å². The lowest BCUT2D eigenvalue weighted by Gasteiger charge is -2.12. The molecule has 0 spiro atoms. The fraction of sp³-hybridized carbons (Fsp3) is 0.727. The minimum Gasteiger partial charge on any atom is -0.481 e. The van der Waals surface area contributed by atoms with Gasteiger partial charge in [0.05, 0.1) is 18.8 Å². The summed E-state index contributed by atoms with van der Waals surface area (Å²) in [5, 5.41) is 7.49. The molecule has 0 aliphatic rings. The normalized spacial score (nSPS) is 13.6. The van der Waals surface area contributed by atoms with E-state index in [4.69, 9.17) is 4.74 Å². The molecule has 0 aliphatic carbocycles. The van der Waals surface area contributed by atoms with Crippen LogP contribution in [0.5, 0.6) is 5.88 Å². The summed E-state index contributed by atoms with van der Waals surface area (Å²) in [5.74, 6) is 0.892. The smallest absolute Gasteiger partial charge is 0.211 e. The molecule has 0 saturated carbocycles. The Morgan fingerprint density at radius 3 is 2.67 bits per heavy atom. The topological polar surface area (TPSA) is 73.2 Å². The van der Waals surface area contributed by atoms with Gasteiger partial charge in [-0.2, -0.15) is 5.10 Å². The van der Waals surface area contributed by atoms with E-state index >= 15 is 0 Å². The minimum atomic E-state index is -2.90. The molecule has 0 radical (unpaired) electrons. The molecule has 1 atom stereocenters. The second kappa shape index (κ2) is 6.19. The van der Waals surface area contributed by atoms with Crippen molar-refractivity contribution in [3.63, 3.8) is 0 Å². The number of hydrogen-bond donors (Lipinski definition) is 1. The average molecular weight is 275 g/mol. The standard InChI is InChI=1S/C11H21N3O3S/c1-12-9(6-5-7-18(4,15)16)10-8-11(17-3)14(2)13-10/h8-9,12H,5-7H2,1-4H3. The summed E-state index contributed by atoms with van der Waals surface area (Å²) in [7, 11) is 2.35. The van der Waals surface area contributed by atoms with Crippen LogP contribution in [-0.2, 0) is 16.9 Å². The average Bonchev–Trinajstić information content (AvgIpc) is 2.64. The molecule has 1 unspecified atom stereocenters. The van der Waals surface area contributed by atoms with Crippen LogP contribution in [0.1, 0.15) is 24.6 Å². The van der Waals surface area contributed by atoms with Crippen LogP contribution in [0.2, 0.25) is 0 Å². The van der Waals surface area contributed by atoms with E-state index in [2.05, 4.69) is 10.4 Å². The summed E-state index contributed by atoms with van der Waals surface area (Å²) in [6.07, 6.45) is 2.60. The summed E-state index contributed by atoms with van der Waals surface area (Å²) < 4.78 is 29.0. The predicted octanol–water partition coefficient (Wildman–Crippen LogP) is 0.514. The van der Waals surface area contributed by atoms with Crippen LogP contribution >= 0.6 is 0 Å². The van der Waals surface area contributed by atoms with Crippen molar-refractivity contribution in [3.8, 4) is 5.88 Å². The SMILES string of the molecule is CNC(CCCS(C)(=O)=O)c1cc(OC)n(C)n1. The molecule has 0 aliphatic heterocycles. The van der Waals surface area contributed by atoms with Crippen molar-refractivity contribution in [2.24, 2.45) is 7.05 Å². The Hall–Kier alpha value is -1.08. The molecule has 0 aromatic carbocycles. The van der Waals surface area contributed by atoms with Crippen LogP contribution in [0.4, 0.5) is 0 Å². The lowest BCUT2D eigenvalue weighted by atomic mass is 10.1. The zero-order valence-electron chi connectivity index (χ0n) is 11.3. The van der Waals surface area contributed by atoms with Crippen molar-refractivity contribution in [2.45, 2.75) is 18.9 Å². The van der Waals surface area contributed by atoms with Crippen LogP contribution in [0.15, 0.2) is 6.07 Å². The molecule has 0 bridgehead atoms. The molecule has 1 N–H and O–H groups in total. The van der Waals surface area contributed by atoms with E-state index < -0.39 is 9.84 Å². The molecular formula is C11H21N3O3S. The molecule has 1 heterocycles. The Bertz CT molecular complexity index is 482. The molecular weight excluding hydrogens is 254 g/mol. The quantitative estimate of drug-likeness (QED) is 0.785. The molecule has 0 fully saturated rings. The maximum atomic E-state index is 11.1. The number of ether oxygens (including phenoxy) is 1. The maximum Gasteiger partial charge on any atom is 0.211 e. The summed E-state index contributed by atoms with van der Waals surface area (Å²) in [4.78, 5) is 0. The van der Waals surface area contributed by atoms with E-state index in [-0.39, 0.29) is 11.8 Å². The van der Waals surface area contributed by atoms with Gasteiger partial charge in [-0.05, 0) is 19.9 Å².